The van der Waals surface area contributed by atoms with Gasteiger partial charge in [-0.25, -0.2) is 10.2 Å². The molecule has 0 spiro atoms. The molecule has 2 aromatic carbocycles. The molecule has 0 aromatic heterocycles. The number of nitrogens with zero attached hydrogens (tertiary/aromatic N) is 1. The van der Waals surface area contributed by atoms with Gasteiger partial charge < -0.3 is 10.5 Å². The molecule has 0 heterocycles. The maximum atomic E-state index is 10.4. The molecule has 0 aliphatic rings. The number of amides is 2. The number of nitrogens with two attached hydrogens (primary N) is 1. The van der Waals surface area contributed by atoms with Gasteiger partial charge in [0.2, 0.25) is 0 Å². The van der Waals surface area contributed by atoms with E-state index in [2.05, 4.69) is 33.1 Å². The van der Waals surface area contributed by atoms with E-state index in [-0.39, 0.29) is 0 Å². The molecule has 3 N–H and O–H groups in total. The summed E-state index contributed by atoms with van der Waals surface area (Å²) >= 11 is 2.24. The number of hydrogen-bond acceptors (Lipinski definition) is 3. The summed E-state index contributed by atoms with van der Waals surface area (Å²) in [6, 6.07) is 14.4. The number of nitrogens with one attached hydrogen (secondary N) is 1. The predicted octanol–water partition coefficient (Wildman–Crippen LogP) is 3.09. The number of rotatable bonds is 4. The zero-order valence-electron chi connectivity index (χ0n) is 10.4. The number of carbonyl (C=O) groups excluding carboxylic acids is 1. The van der Waals surface area contributed by atoms with Gasteiger partial charge in [-0.2, -0.15) is 5.10 Å². The molecule has 2 aromatic rings. The Kier molecular flexibility index (Phi) is 4.94. The largest absolute Gasteiger partial charge is 0.457 e. The Morgan fingerprint density at radius 1 is 1.10 bits per heavy atom. The van der Waals surface area contributed by atoms with Crippen molar-refractivity contribution in [1.82, 2.24) is 5.43 Å². The number of hydrogen-bond donors (Lipinski definition) is 2. The Bertz CT molecular complexity index is 609. The summed E-state index contributed by atoms with van der Waals surface area (Å²) in [4.78, 5) is 10.4. The Morgan fingerprint density at radius 2 is 1.65 bits per heavy atom. The van der Waals surface area contributed by atoms with Gasteiger partial charge in [0.05, 0.1) is 6.21 Å². The number of ether oxygens (including phenoxy) is 1. The van der Waals surface area contributed by atoms with Crippen molar-refractivity contribution in [3.05, 3.63) is 57.7 Å². The molecule has 0 fully saturated rings. The number of halogens is 1. The van der Waals surface area contributed by atoms with Gasteiger partial charge in [0, 0.05) is 3.57 Å². The van der Waals surface area contributed by atoms with Crippen molar-refractivity contribution >= 4 is 34.8 Å². The van der Waals surface area contributed by atoms with Crippen molar-refractivity contribution in [2.24, 2.45) is 10.8 Å². The summed E-state index contributed by atoms with van der Waals surface area (Å²) in [7, 11) is 0. The molecule has 2 rings (SSSR count). The first-order valence-electron chi connectivity index (χ1n) is 5.75. The fourth-order valence-electron chi connectivity index (χ4n) is 1.43. The highest BCUT2D eigenvalue weighted by molar-refractivity contribution is 14.1. The first-order valence-corrected chi connectivity index (χ1v) is 6.83. The first-order chi connectivity index (χ1) is 9.63. The summed E-state index contributed by atoms with van der Waals surface area (Å²) in [5.41, 5.74) is 7.85. The molecule has 0 unspecified atom stereocenters. The number of benzene rings is 2. The van der Waals surface area contributed by atoms with Crippen molar-refractivity contribution in [2.75, 3.05) is 0 Å². The zero-order chi connectivity index (χ0) is 14.4. The van der Waals surface area contributed by atoms with Gasteiger partial charge in [-0.1, -0.05) is 0 Å². The fraction of sp³-hybridized carbons (Fsp3) is 0. The van der Waals surface area contributed by atoms with E-state index in [4.69, 9.17) is 10.5 Å². The fourth-order valence-corrected chi connectivity index (χ4v) is 1.79. The number of urea groups is 1. The average Bonchev–Trinajstić information content (AvgIpc) is 2.43. The molecule has 0 saturated heterocycles. The van der Waals surface area contributed by atoms with E-state index < -0.39 is 6.03 Å². The smallest absolute Gasteiger partial charge is 0.332 e. The standard InChI is InChI=1S/C14H12IN3O2/c15-11-3-7-13(8-4-11)20-12-5-1-10(2-6-12)9-17-18-14(16)19/h1-9H,(H3,16,18,19). The lowest BCUT2D eigenvalue weighted by Gasteiger charge is -2.05. The van der Waals surface area contributed by atoms with E-state index in [0.29, 0.717) is 0 Å². The summed E-state index contributed by atoms with van der Waals surface area (Å²) in [5.74, 6) is 1.51. The molecule has 0 bridgehead atoms. The van der Waals surface area contributed by atoms with Crippen LogP contribution in [-0.4, -0.2) is 12.2 Å². The first kappa shape index (κ1) is 14.3. The van der Waals surface area contributed by atoms with Crippen molar-refractivity contribution in [1.29, 1.82) is 0 Å². The van der Waals surface area contributed by atoms with Gasteiger partial charge in [0.15, 0.2) is 0 Å². The molecule has 2 amide bonds. The van der Waals surface area contributed by atoms with E-state index in [1.807, 2.05) is 48.5 Å². The van der Waals surface area contributed by atoms with Crippen LogP contribution < -0.4 is 15.9 Å². The van der Waals surface area contributed by atoms with Crippen LogP contribution in [0.3, 0.4) is 0 Å². The lowest BCUT2D eigenvalue weighted by atomic mass is 10.2. The van der Waals surface area contributed by atoms with E-state index in [1.165, 1.54) is 6.21 Å². The topological polar surface area (TPSA) is 76.7 Å². The SMILES string of the molecule is NC(=O)NN=Cc1ccc(Oc2ccc(I)cc2)cc1. The van der Waals surface area contributed by atoms with Crippen LogP contribution in [0.4, 0.5) is 4.79 Å². The van der Waals surface area contributed by atoms with E-state index in [1.54, 1.807) is 0 Å². The summed E-state index contributed by atoms with van der Waals surface area (Å²) in [6.45, 7) is 0. The molecular formula is C14H12IN3O2. The van der Waals surface area contributed by atoms with Crippen LogP contribution >= 0.6 is 22.6 Å². The van der Waals surface area contributed by atoms with Gasteiger partial charge in [-0.15, -0.1) is 0 Å². The Balaban J connectivity index is 1.99. The summed E-state index contributed by atoms with van der Waals surface area (Å²) in [6.07, 6.45) is 1.50. The zero-order valence-corrected chi connectivity index (χ0v) is 12.6. The van der Waals surface area contributed by atoms with Crippen LogP contribution in [-0.2, 0) is 0 Å². The van der Waals surface area contributed by atoms with Gasteiger partial charge in [-0.3, -0.25) is 0 Å². The van der Waals surface area contributed by atoms with Crippen molar-refractivity contribution in [3.8, 4) is 11.5 Å². The van der Waals surface area contributed by atoms with Crippen LogP contribution in [0.15, 0.2) is 53.6 Å². The van der Waals surface area contributed by atoms with Crippen molar-refractivity contribution in [2.45, 2.75) is 0 Å². The molecule has 0 atom stereocenters. The van der Waals surface area contributed by atoms with E-state index in [0.717, 1.165) is 20.6 Å². The third kappa shape index (κ3) is 4.54. The number of carbonyl (C=O) groups is 1. The maximum absolute atomic E-state index is 10.4. The minimum Gasteiger partial charge on any atom is -0.457 e. The molecular weight excluding hydrogens is 369 g/mol. The highest BCUT2D eigenvalue weighted by atomic mass is 127. The van der Waals surface area contributed by atoms with E-state index in [9.17, 15) is 4.79 Å². The lowest BCUT2D eigenvalue weighted by Crippen LogP contribution is -2.24. The second-order valence-electron chi connectivity index (χ2n) is 3.86. The van der Waals surface area contributed by atoms with Crippen LogP contribution in [0.2, 0.25) is 0 Å². The van der Waals surface area contributed by atoms with Crippen molar-refractivity contribution < 1.29 is 9.53 Å². The molecule has 0 saturated carbocycles. The van der Waals surface area contributed by atoms with E-state index >= 15 is 0 Å². The van der Waals surface area contributed by atoms with Gasteiger partial charge in [0.1, 0.15) is 11.5 Å². The average molecular weight is 381 g/mol. The molecule has 5 nitrogen and oxygen atoms in total. The van der Waals surface area contributed by atoms with Gasteiger partial charge in [-0.05, 0) is 76.7 Å². The molecule has 0 radical (unpaired) electrons. The minimum absolute atomic E-state index is 0.695. The molecule has 0 aliphatic carbocycles. The Labute approximate surface area is 130 Å². The second kappa shape index (κ2) is 6.90. The monoisotopic (exact) mass is 381 g/mol. The Hall–Kier alpha value is -2.09. The maximum Gasteiger partial charge on any atom is 0.332 e. The van der Waals surface area contributed by atoms with Gasteiger partial charge in [0.25, 0.3) is 0 Å². The third-order valence-corrected chi connectivity index (χ3v) is 3.04. The Morgan fingerprint density at radius 3 is 2.20 bits per heavy atom. The van der Waals surface area contributed by atoms with Crippen LogP contribution in [0.5, 0.6) is 11.5 Å². The molecule has 20 heavy (non-hydrogen) atoms. The van der Waals surface area contributed by atoms with Crippen LogP contribution in [0.25, 0.3) is 0 Å². The number of primary amides is 1. The van der Waals surface area contributed by atoms with Crippen LogP contribution in [0, 0.1) is 3.57 Å². The third-order valence-electron chi connectivity index (χ3n) is 2.32. The summed E-state index contributed by atoms with van der Waals surface area (Å²) < 4.78 is 6.85. The van der Waals surface area contributed by atoms with Crippen LogP contribution in [0.1, 0.15) is 5.56 Å². The summed E-state index contributed by atoms with van der Waals surface area (Å²) in [5, 5.41) is 3.67. The predicted molar refractivity (Wildman–Crippen MR) is 86.0 cm³/mol. The lowest BCUT2D eigenvalue weighted by molar-refractivity contribution is 0.249. The normalized spacial score (nSPS) is 10.4. The number of hydrazone groups is 1. The molecule has 102 valence electrons. The van der Waals surface area contributed by atoms with Crippen molar-refractivity contribution in [3.63, 3.8) is 0 Å². The second-order valence-corrected chi connectivity index (χ2v) is 5.10. The van der Waals surface area contributed by atoms with Gasteiger partial charge >= 0.3 is 6.03 Å². The molecule has 0 aliphatic heterocycles. The quantitative estimate of drug-likeness (QED) is 0.485. The molecule has 6 heteroatoms. The highest BCUT2D eigenvalue weighted by Crippen LogP contribution is 2.22. The minimum atomic E-state index is -0.695. The highest BCUT2D eigenvalue weighted by Gasteiger charge is 1.97.